The first-order chi connectivity index (χ1) is 15.2. The maximum atomic E-state index is 13.5. The van der Waals surface area contributed by atoms with Crippen LogP contribution < -0.4 is 14.2 Å². The Morgan fingerprint density at radius 1 is 1.10 bits per heavy atom. The van der Waals surface area contributed by atoms with E-state index in [2.05, 4.69) is 10.1 Å². The predicted octanol–water partition coefficient (Wildman–Crippen LogP) is 3.92. The highest BCUT2D eigenvalue weighted by molar-refractivity contribution is 5.88. The summed E-state index contributed by atoms with van der Waals surface area (Å²) in [6.07, 6.45) is 0.629. The average Bonchev–Trinajstić information content (AvgIpc) is 3.44. The molecule has 0 spiro atoms. The molecule has 8 heteroatoms. The Hall–Kier alpha value is -3.39. The third kappa shape index (κ3) is 4.54. The molecule has 0 bridgehead atoms. The molecule has 0 saturated carbocycles. The van der Waals surface area contributed by atoms with Crippen molar-refractivity contribution in [2.45, 2.75) is 26.2 Å². The quantitative estimate of drug-likeness (QED) is 0.482. The summed E-state index contributed by atoms with van der Waals surface area (Å²) in [7, 11) is 0. The Morgan fingerprint density at radius 2 is 1.90 bits per heavy atom. The van der Waals surface area contributed by atoms with Crippen molar-refractivity contribution in [3.8, 4) is 28.9 Å². The van der Waals surface area contributed by atoms with Gasteiger partial charge in [0.05, 0.1) is 12.5 Å². The summed E-state index contributed by atoms with van der Waals surface area (Å²) in [6.45, 7) is 5.37. The normalized spacial score (nSPS) is 13.2. The molecule has 2 aromatic carbocycles. The molecule has 162 valence electrons. The van der Waals surface area contributed by atoms with Crippen LogP contribution in [-0.4, -0.2) is 47.3 Å². The van der Waals surface area contributed by atoms with E-state index in [0.717, 1.165) is 5.56 Å². The zero-order valence-corrected chi connectivity index (χ0v) is 17.6. The van der Waals surface area contributed by atoms with Gasteiger partial charge in [0, 0.05) is 12.2 Å². The fourth-order valence-corrected chi connectivity index (χ4v) is 3.45. The largest absolute Gasteiger partial charge is 0.460 e. The van der Waals surface area contributed by atoms with E-state index in [-0.39, 0.29) is 24.6 Å². The number of rotatable bonds is 9. The predicted molar refractivity (Wildman–Crippen MR) is 114 cm³/mol. The maximum absolute atomic E-state index is 13.5. The lowest BCUT2D eigenvalue weighted by atomic mass is 9.95. The third-order valence-electron chi connectivity index (χ3n) is 5.00. The van der Waals surface area contributed by atoms with Gasteiger partial charge in [-0.2, -0.15) is 9.67 Å². The summed E-state index contributed by atoms with van der Waals surface area (Å²) in [5.74, 6) is 1.13. The number of hydrogen-bond donors (Lipinski definition) is 0. The minimum absolute atomic E-state index is 0.128. The first kappa shape index (κ1) is 20.9. The molecule has 1 aliphatic rings. The maximum Gasteiger partial charge on any atom is 0.336 e. The summed E-state index contributed by atoms with van der Waals surface area (Å²) < 4.78 is 23.1. The van der Waals surface area contributed by atoms with Gasteiger partial charge in [-0.1, -0.05) is 37.3 Å². The van der Waals surface area contributed by atoms with Gasteiger partial charge in [0.25, 0.3) is 5.91 Å². The van der Waals surface area contributed by atoms with Crippen LogP contribution >= 0.6 is 0 Å². The highest BCUT2D eigenvalue weighted by atomic mass is 16.7. The highest BCUT2D eigenvalue weighted by Crippen LogP contribution is 2.36. The van der Waals surface area contributed by atoms with E-state index in [4.69, 9.17) is 18.9 Å². The van der Waals surface area contributed by atoms with Crippen molar-refractivity contribution in [3.63, 3.8) is 0 Å². The second-order valence-electron chi connectivity index (χ2n) is 6.95. The van der Waals surface area contributed by atoms with Crippen LogP contribution in [0.25, 0.3) is 11.4 Å². The van der Waals surface area contributed by atoms with E-state index < -0.39 is 0 Å². The van der Waals surface area contributed by atoms with Crippen LogP contribution in [-0.2, 0) is 4.74 Å². The van der Waals surface area contributed by atoms with Gasteiger partial charge in [-0.25, -0.2) is 0 Å². The van der Waals surface area contributed by atoms with E-state index in [1.54, 1.807) is 12.1 Å². The fraction of sp³-hybridized carbons (Fsp3) is 0.348. The molecular weight excluding hydrogens is 398 g/mol. The number of fused-ring (bicyclic) bond motifs is 1. The van der Waals surface area contributed by atoms with Crippen molar-refractivity contribution in [3.05, 3.63) is 54.1 Å². The molecule has 4 rings (SSSR count). The topological polar surface area (TPSA) is 84.7 Å². The number of benzene rings is 2. The molecule has 0 N–H and O–H groups in total. The van der Waals surface area contributed by atoms with Gasteiger partial charge in [-0.15, -0.1) is 5.10 Å². The second kappa shape index (κ2) is 9.61. The first-order valence-electron chi connectivity index (χ1n) is 10.4. The molecule has 0 radical (unpaired) electrons. The number of carbonyl (C=O) groups is 1. The molecule has 0 saturated heterocycles. The van der Waals surface area contributed by atoms with Crippen molar-refractivity contribution in [2.75, 3.05) is 26.6 Å². The molecule has 31 heavy (non-hydrogen) atoms. The Morgan fingerprint density at radius 3 is 2.68 bits per heavy atom. The second-order valence-corrected chi connectivity index (χ2v) is 6.95. The van der Waals surface area contributed by atoms with Crippen LogP contribution in [0.1, 0.15) is 36.5 Å². The monoisotopic (exact) mass is 423 g/mol. The van der Waals surface area contributed by atoms with Gasteiger partial charge >= 0.3 is 6.01 Å². The molecule has 2 heterocycles. The molecule has 1 atom stereocenters. The summed E-state index contributed by atoms with van der Waals surface area (Å²) in [4.78, 5) is 18.0. The Kier molecular flexibility index (Phi) is 6.47. The number of nitrogens with zero attached hydrogens (tertiary/aromatic N) is 3. The number of hydrogen-bond acceptors (Lipinski definition) is 7. The van der Waals surface area contributed by atoms with Crippen LogP contribution in [0.4, 0.5) is 0 Å². The average molecular weight is 423 g/mol. The smallest absolute Gasteiger partial charge is 0.336 e. The van der Waals surface area contributed by atoms with E-state index in [1.165, 1.54) is 4.68 Å². The Bertz CT molecular complexity index is 1030. The number of aromatic nitrogens is 3. The molecule has 0 aliphatic carbocycles. The number of ether oxygens (including phenoxy) is 4. The fourth-order valence-electron chi connectivity index (χ4n) is 3.45. The van der Waals surface area contributed by atoms with E-state index in [1.807, 2.05) is 50.2 Å². The molecule has 1 unspecified atom stereocenters. The van der Waals surface area contributed by atoms with Crippen molar-refractivity contribution in [2.24, 2.45) is 0 Å². The van der Waals surface area contributed by atoms with Crippen LogP contribution in [0.5, 0.6) is 17.5 Å². The minimum atomic E-state index is -0.355. The molecule has 1 aliphatic heterocycles. The summed E-state index contributed by atoms with van der Waals surface area (Å²) >= 11 is 0. The minimum Gasteiger partial charge on any atom is -0.460 e. The molecular formula is C23H25N3O5. The van der Waals surface area contributed by atoms with Gasteiger partial charge < -0.3 is 18.9 Å². The van der Waals surface area contributed by atoms with E-state index >= 15 is 0 Å². The van der Waals surface area contributed by atoms with Crippen molar-refractivity contribution in [1.82, 2.24) is 14.8 Å². The van der Waals surface area contributed by atoms with Crippen LogP contribution in [0.3, 0.4) is 0 Å². The molecule has 8 nitrogen and oxygen atoms in total. The van der Waals surface area contributed by atoms with Gasteiger partial charge in [0.1, 0.15) is 6.61 Å². The molecule has 0 fully saturated rings. The Labute approximate surface area is 180 Å². The third-order valence-corrected chi connectivity index (χ3v) is 5.00. The molecule has 1 aromatic heterocycles. The zero-order valence-electron chi connectivity index (χ0n) is 17.6. The van der Waals surface area contributed by atoms with Gasteiger partial charge in [0.2, 0.25) is 6.79 Å². The summed E-state index contributed by atoms with van der Waals surface area (Å²) in [5, 5.41) is 4.38. The van der Waals surface area contributed by atoms with Crippen molar-refractivity contribution >= 4 is 5.91 Å². The van der Waals surface area contributed by atoms with Crippen LogP contribution in [0, 0.1) is 0 Å². The van der Waals surface area contributed by atoms with Crippen molar-refractivity contribution in [1.29, 1.82) is 0 Å². The molecule has 3 aromatic rings. The zero-order chi connectivity index (χ0) is 21.6. The van der Waals surface area contributed by atoms with Crippen molar-refractivity contribution < 1.29 is 23.7 Å². The van der Waals surface area contributed by atoms with Gasteiger partial charge in [-0.3, -0.25) is 4.79 Å². The standard InChI is InChI=1S/C23H25N3O5/c1-3-18(16-8-6-5-7-9-16)22(27)26-21(24-23(25-26)29-13-12-28-4-2)17-10-11-19-20(14-17)31-15-30-19/h5-11,14,18H,3-4,12-13,15H2,1-2H3. The summed E-state index contributed by atoms with van der Waals surface area (Å²) in [5.41, 5.74) is 1.62. The lowest BCUT2D eigenvalue weighted by molar-refractivity contribution is 0.0854. The SMILES string of the molecule is CCOCCOc1nc(-c2ccc3c(c2)OCO3)n(C(=O)C(CC)c2ccccc2)n1. The van der Waals surface area contributed by atoms with Crippen LogP contribution in [0.2, 0.25) is 0 Å². The van der Waals surface area contributed by atoms with E-state index in [9.17, 15) is 4.79 Å². The lowest BCUT2D eigenvalue weighted by Gasteiger charge is -2.15. The molecule has 0 amide bonds. The van der Waals surface area contributed by atoms with Gasteiger partial charge in [-0.05, 0) is 37.1 Å². The highest BCUT2D eigenvalue weighted by Gasteiger charge is 2.27. The lowest BCUT2D eigenvalue weighted by Crippen LogP contribution is -2.22. The van der Waals surface area contributed by atoms with E-state index in [0.29, 0.717) is 49.1 Å². The van der Waals surface area contributed by atoms with Crippen LogP contribution in [0.15, 0.2) is 48.5 Å². The summed E-state index contributed by atoms with van der Waals surface area (Å²) in [6, 6.07) is 15.2. The number of carbonyl (C=O) groups excluding carboxylic acids is 1. The van der Waals surface area contributed by atoms with Gasteiger partial charge in [0.15, 0.2) is 17.3 Å². The Balaban J connectivity index is 1.69. The first-order valence-corrected chi connectivity index (χ1v) is 10.4.